The molecule has 0 aliphatic rings. The number of amides is 1. The second-order valence-corrected chi connectivity index (χ2v) is 5.66. The summed E-state index contributed by atoms with van der Waals surface area (Å²) in [5, 5.41) is 12.9. The van der Waals surface area contributed by atoms with Gasteiger partial charge in [0.05, 0.1) is 11.2 Å². The van der Waals surface area contributed by atoms with Crippen molar-refractivity contribution < 1.29 is 9.90 Å². The predicted molar refractivity (Wildman–Crippen MR) is 74.3 cm³/mol. The molecule has 1 heterocycles. The fourth-order valence-corrected chi connectivity index (χ4v) is 1.88. The van der Waals surface area contributed by atoms with E-state index in [2.05, 4.69) is 26.2 Å². The summed E-state index contributed by atoms with van der Waals surface area (Å²) >= 11 is 3.26. The maximum atomic E-state index is 11.9. The second-order valence-electron chi connectivity index (χ2n) is 4.74. The molecular weight excluding hydrogens is 296 g/mol. The van der Waals surface area contributed by atoms with Gasteiger partial charge in [-0.2, -0.15) is 0 Å². The summed E-state index contributed by atoms with van der Waals surface area (Å²) in [4.78, 5) is 15.8. The highest BCUT2D eigenvalue weighted by atomic mass is 79.9. The fourth-order valence-electron chi connectivity index (χ4n) is 1.51. The minimum Gasteiger partial charge on any atom is -0.388 e. The van der Waals surface area contributed by atoms with Gasteiger partial charge in [0.1, 0.15) is 0 Å². The van der Waals surface area contributed by atoms with E-state index in [9.17, 15) is 9.90 Å². The molecule has 1 aromatic rings. The highest BCUT2D eigenvalue weighted by Gasteiger charge is 2.27. The van der Waals surface area contributed by atoms with Crippen LogP contribution < -0.4 is 5.32 Å². The zero-order valence-electron chi connectivity index (χ0n) is 10.9. The molecule has 1 rings (SSSR count). The Bertz CT molecular complexity index is 421. The minimum absolute atomic E-state index is 0.124. The maximum Gasteiger partial charge on any atom is 0.252 e. The van der Waals surface area contributed by atoms with Crippen LogP contribution in [0.2, 0.25) is 0 Å². The summed E-state index contributed by atoms with van der Waals surface area (Å²) in [5.74, 6) is -0.106. The smallest absolute Gasteiger partial charge is 0.252 e. The Kier molecular flexibility index (Phi) is 5.28. The van der Waals surface area contributed by atoms with E-state index in [0.717, 1.165) is 10.9 Å². The molecule has 0 saturated heterocycles. The summed E-state index contributed by atoms with van der Waals surface area (Å²) in [6, 6.07) is 1.69. The van der Waals surface area contributed by atoms with Crippen LogP contribution in [-0.2, 0) is 0 Å². The van der Waals surface area contributed by atoms with Crippen molar-refractivity contribution >= 4 is 21.8 Å². The van der Waals surface area contributed by atoms with E-state index in [0.29, 0.717) is 5.56 Å². The normalized spacial score (nSPS) is 15.8. The van der Waals surface area contributed by atoms with Gasteiger partial charge in [0.15, 0.2) is 0 Å². The number of nitrogens with one attached hydrogen (secondary N) is 1. The van der Waals surface area contributed by atoms with Crippen molar-refractivity contribution in [3.8, 4) is 0 Å². The molecule has 0 fully saturated rings. The van der Waals surface area contributed by atoms with Crippen LogP contribution in [0.25, 0.3) is 0 Å². The molecular formula is C13H19BrN2O2. The standard InChI is InChI=1S/C13H19BrN2O2/c1-4-9(2)13(3,18)8-16-12(17)10-5-11(14)7-15-6-10/h5-7,9,18H,4,8H2,1-3H3,(H,16,17)/t9-,13+/m0/s1. The van der Waals surface area contributed by atoms with Crippen molar-refractivity contribution in [1.82, 2.24) is 10.3 Å². The quantitative estimate of drug-likeness (QED) is 0.877. The van der Waals surface area contributed by atoms with Crippen LogP contribution in [0.15, 0.2) is 22.9 Å². The monoisotopic (exact) mass is 314 g/mol. The Labute approximate surface area is 116 Å². The van der Waals surface area contributed by atoms with Gasteiger partial charge in [-0.05, 0) is 34.8 Å². The van der Waals surface area contributed by atoms with Gasteiger partial charge in [0.25, 0.3) is 5.91 Å². The van der Waals surface area contributed by atoms with Gasteiger partial charge in [-0.3, -0.25) is 9.78 Å². The number of rotatable bonds is 5. The van der Waals surface area contributed by atoms with Gasteiger partial charge in [0, 0.05) is 23.4 Å². The van der Waals surface area contributed by atoms with E-state index >= 15 is 0 Å². The number of hydrogen-bond donors (Lipinski definition) is 2. The molecule has 0 radical (unpaired) electrons. The fraction of sp³-hybridized carbons (Fsp3) is 0.538. The van der Waals surface area contributed by atoms with E-state index < -0.39 is 5.60 Å². The topological polar surface area (TPSA) is 62.2 Å². The average Bonchev–Trinajstić information content (AvgIpc) is 2.35. The molecule has 2 atom stereocenters. The van der Waals surface area contributed by atoms with Crippen LogP contribution in [0.4, 0.5) is 0 Å². The van der Waals surface area contributed by atoms with E-state index in [4.69, 9.17) is 0 Å². The SMILES string of the molecule is CC[C@H](C)[C@](C)(O)CNC(=O)c1cncc(Br)c1. The number of carbonyl (C=O) groups is 1. The molecule has 4 nitrogen and oxygen atoms in total. The maximum absolute atomic E-state index is 11.9. The molecule has 100 valence electrons. The van der Waals surface area contributed by atoms with E-state index in [1.54, 1.807) is 19.2 Å². The average molecular weight is 315 g/mol. The van der Waals surface area contributed by atoms with Crippen molar-refractivity contribution in [2.75, 3.05) is 6.54 Å². The number of nitrogens with zero attached hydrogens (tertiary/aromatic N) is 1. The Morgan fingerprint density at radius 2 is 2.28 bits per heavy atom. The number of hydrogen-bond acceptors (Lipinski definition) is 3. The van der Waals surface area contributed by atoms with Crippen LogP contribution in [0.5, 0.6) is 0 Å². The minimum atomic E-state index is -0.899. The summed E-state index contributed by atoms with van der Waals surface area (Å²) < 4.78 is 0.754. The summed E-state index contributed by atoms with van der Waals surface area (Å²) in [5.41, 5.74) is -0.423. The Balaban J connectivity index is 2.61. The third-order valence-electron chi connectivity index (χ3n) is 3.25. The Hall–Kier alpha value is -0.940. The molecule has 0 bridgehead atoms. The van der Waals surface area contributed by atoms with Gasteiger partial charge < -0.3 is 10.4 Å². The highest BCUT2D eigenvalue weighted by molar-refractivity contribution is 9.10. The second kappa shape index (κ2) is 6.29. The molecule has 0 spiro atoms. The summed E-state index contributed by atoms with van der Waals surface area (Å²) in [6.45, 7) is 5.94. The van der Waals surface area contributed by atoms with Crippen LogP contribution in [0.3, 0.4) is 0 Å². The Morgan fingerprint density at radius 1 is 1.61 bits per heavy atom. The predicted octanol–water partition coefficient (Wildman–Crippen LogP) is 2.37. The van der Waals surface area contributed by atoms with Crippen molar-refractivity contribution in [3.63, 3.8) is 0 Å². The largest absolute Gasteiger partial charge is 0.388 e. The van der Waals surface area contributed by atoms with Crippen LogP contribution in [0, 0.1) is 5.92 Å². The lowest BCUT2D eigenvalue weighted by Gasteiger charge is -2.29. The van der Waals surface area contributed by atoms with Gasteiger partial charge >= 0.3 is 0 Å². The molecule has 1 aromatic heterocycles. The molecule has 0 aliphatic heterocycles. The van der Waals surface area contributed by atoms with Gasteiger partial charge in [-0.25, -0.2) is 0 Å². The first-order valence-corrected chi connectivity index (χ1v) is 6.77. The van der Waals surface area contributed by atoms with Gasteiger partial charge in [-0.1, -0.05) is 20.3 Å². The van der Waals surface area contributed by atoms with E-state index in [1.807, 2.05) is 13.8 Å². The zero-order valence-corrected chi connectivity index (χ0v) is 12.5. The first-order chi connectivity index (χ1) is 8.36. The number of aromatic nitrogens is 1. The van der Waals surface area contributed by atoms with E-state index in [1.165, 1.54) is 6.20 Å². The molecule has 0 aliphatic carbocycles. The van der Waals surface area contributed by atoms with Crippen LogP contribution in [0.1, 0.15) is 37.6 Å². The number of halogens is 1. The number of carbonyl (C=O) groups excluding carboxylic acids is 1. The molecule has 1 amide bonds. The highest BCUT2D eigenvalue weighted by Crippen LogP contribution is 2.19. The third kappa shape index (κ3) is 4.07. The van der Waals surface area contributed by atoms with E-state index in [-0.39, 0.29) is 18.4 Å². The summed E-state index contributed by atoms with van der Waals surface area (Å²) in [7, 11) is 0. The molecule has 0 saturated carbocycles. The van der Waals surface area contributed by atoms with Crippen molar-refractivity contribution in [2.24, 2.45) is 5.92 Å². The van der Waals surface area contributed by atoms with Gasteiger partial charge in [0.2, 0.25) is 0 Å². The lowest BCUT2D eigenvalue weighted by molar-refractivity contribution is 0.00592. The first kappa shape index (κ1) is 15.1. The van der Waals surface area contributed by atoms with Crippen molar-refractivity contribution in [1.29, 1.82) is 0 Å². The lowest BCUT2D eigenvalue weighted by atomic mass is 9.88. The van der Waals surface area contributed by atoms with Crippen LogP contribution >= 0.6 is 15.9 Å². The number of pyridine rings is 1. The van der Waals surface area contributed by atoms with Gasteiger partial charge in [-0.15, -0.1) is 0 Å². The summed E-state index contributed by atoms with van der Waals surface area (Å²) in [6.07, 6.45) is 3.98. The Morgan fingerprint density at radius 3 is 2.83 bits per heavy atom. The van der Waals surface area contributed by atoms with Crippen molar-refractivity contribution in [2.45, 2.75) is 32.8 Å². The molecule has 18 heavy (non-hydrogen) atoms. The lowest BCUT2D eigenvalue weighted by Crippen LogP contribution is -2.45. The molecule has 5 heteroatoms. The number of aliphatic hydroxyl groups is 1. The molecule has 0 unspecified atom stereocenters. The van der Waals surface area contributed by atoms with Crippen molar-refractivity contribution in [3.05, 3.63) is 28.5 Å². The third-order valence-corrected chi connectivity index (χ3v) is 3.68. The molecule has 0 aromatic carbocycles. The zero-order chi connectivity index (χ0) is 13.8. The first-order valence-electron chi connectivity index (χ1n) is 5.98. The van der Waals surface area contributed by atoms with Crippen LogP contribution in [-0.4, -0.2) is 28.1 Å². The molecule has 2 N–H and O–H groups in total.